The second-order valence-electron chi connectivity index (χ2n) is 33.7. The zero-order chi connectivity index (χ0) is 75.5. The third-order valence-electron chi connectivity index (χ3n) is 27.5. The molecule has 0 aromatic heterocycles. The van der Waals surface area contributed by atoms with Gasteiger partial charge in [-0.05, 0) is 178 Å². The number of esters is 4. The maximum atomic E-state index is 14.7. The quantitative estimate of drug-likeness (QED) is 0.0343. The molecule has 0 N–H and O–H groups in total. The fourth-order valence-corrected chi connectivity index (χ4v) is 20.2. The molecule has 8 fully saturated rings. The Morgan fingerprint density at radius 3 is 1.58 bits per heavy atom. The van der Waals surface area contributed by atoms with Crippen LogP contribution in [0.5, 0.6) is 0 Å². The van der Waals surface area contributed by atoms with Gasteiger partial charge in [0, 0.05) is 48.3 Å². The molecule has 12 rings (SSSR count). The molecule has 0 spiro atoms. The Morgan fingerprint density at radius 2 is 0.991 bits per heavy atom. The van der Waals surface area contributed by atoms with Crippen molar-refractivity contribution in [1.82, 2.24) is 0 Å². The van der Waals surface area contributed by atoms with Crippen LogP contribution in [0, 0.1) is 93.7 Å². The monoisotopic (exact) mass is 1460 g/mol. The van der Waals surface area contributed by atoms with Gasteiger partial charge in [-0.25, -0.2) is 19.2 Å². The van der Waals surface area contributed by atoms with Crippen molar-refractivity contribution in [3.63, 3.8) is 0 Å². The number of carbonyl (C=O) groups is 6. The predicted octanol–water partition coefficient (Wildman–Crippen LogP) is 16.3. The largest absolute Gasteiger partial charge is 0.459 e. The Kier molecular flexibility index (Phi) is 25.7. The molecule has 18 heteroatoms. The minimum absolute atomic E-state index is 0.000237. The van der Waals surface area contributed by atoms with Gasteiger partial charge < -0.3 is 56.8 Å². The van der Waals surface area contributed by atoms with Crippen LogP contribution < -0.4 is 0 Å². The Hall–Kier alpha value is -6.22. The Labute approximate surface area is 628 Å². The summed E-state index contributed by atoms with van der Waals surface area (Å²) in [4.78, 5) is 85.2. The minimum Gasteiger partial charge on any atom is -0.459 e. The third-order valence-corrected chi connectivity index (χ3v) is 27.5. The number of hydrogen-bond acceptors (Lipinski definition) is 18. The van der Waals surface area contributed by atoms with E-state index in [0.717, 1.165) is 51.4 Å². The number of ether oxygens (including phenoxy) is 12. The standard InChI is InChI=1S/C88H118O18/c1-15-70-51(5)50(4)54(8)83(99-70)105-74-57(11)77(106-86-78(104-82(94)62-35-27-20-28-36-62)75(55(9)58(12)97-86)102-80(92)60-31-23-18-24-32-60)85(101-72(74)48-95-79(91)59-29-21-17-22-30-59)98-64-41-43-87(13)63(45-64)38-39-65-66(87)42-44-88(14)67(65)46-69(90)73(88)56(10)68(89)40-37-49(3)47-96-84-76(53(7)52(6)71(16-2)100-84)103-81(93)61-33-25-19-26-34-61/h17-36,49-58,63-67,70-78,83-86H,15-16,37-48H2,1-14H3/t49-,50-,51+,52+,53-,54?,55-,56+,57-,58?,63?,64?,65?,66?,67?,70?,71?,72?,73?,74+,75+,76?,77?,78?,83-,84+,85+,86-,87?,88?/m0/s1. The summed E-state index contributed by atoms with van der Waals surface area (Å²) in [5.74, 6) is -1.93. The van der Waals surface area contributed by atoms with Gasteiger partial charge in [-0.3, -0.25) is 9.59 Å². The van der Waals surface area contributed by atoms with Gasteiger partial charge in [0.2, 0.25) is 0 Å². The van der Waals surface area contributed by atoms with Crippen LogP contribution in [-0.4, -0.2) is 135 Å². The van der Waals surface area contributed by atoms with E-state index in [1.807, 2.05) is 64.1 Å². The Morgan fingerprint density at radius 1 is 0.481 bits per heavy atom. The van der Waals surface area contributed by atoms with Crippen molar-refractivity contribution in [2.45, 2.75) is 260 Å². The van der Waals surface area contributed by atoms with E-state index in [1.54, 1.807) is 84.9 Å². The molecule has 18 nitrogen and oxygen atoms in total. The van der Waals surface area contributed by atoms with Crippen molar-refractivity contribution in [3.05, 3.63) is 144 Å². The molecule has 0 radical (unpaired) electrons. The van der Waals surface area contributed by atoms with E-state index >= 15 is 0 Å². The number of Topliss-reactive ketones (excluding diaryl/α,β-unsaturated/α-hetero) is 2. The number of benzene rings is 4. The highest BCUT2D eigenvalue weighted by molar-refractivity contribution is 5.93. The second kappa shape index (κ2) is 34.4. The first-order chi connectivity index (χ1) is 50.8. The molecule has 106 heavy (non-hydrogen) atoms. The normalized spacial score (nSPS) is 39.2. The highest BCUT2D eigenvalue weighted by Crippen LogP contribution is 2.68. The van der Waals surface area contributed by atoms with Crippen LogP contribution in [0.15, 0.2) is 121 Å². The van der Waals surface area contributed by atoms with E-state index in [-0.39, 0.29) is 101 Å². The molecule has 4 aliphatic heterocycles. The van der Waals surface area contributed by atoms with Crippen molar-refractivity contribution < 1.29 is 85.6 Å². The summed E-state index contributed by atoms with van der Waals surface area (Å²) in [7, 11) is 0. The van der Waals surface area contributed by atoms with E-state index in [0.29, 0.717) is 66.4 Å². The summed E-state index contributed by atoms with van der Waals surface area (Å²) in [5.41, 5.74) is 1.12. The summed E-state index contributed by atoms with van der Waals surface area (Å²) < 4.78 is 81.4. The van der Waals surface area contributed by atoms with Crippen LogP contribution in [0.4, 0.5) is 0 Å². The molecular weight excluding hydrogens is 1340 g/mol. The average molecular weight is 1460 g/mol. The number of fused-ring (bicyclic) bond motifs is 5. The fourth-order valence-electron chi connectivity index (χ4n) is 20.2. The minimum atomic E-state index is -1.32. The maximum absolute atomic E-state index is 14.7. The van der Waals surface area contributed by atoms with Gasteiger partial charge in [0.25, 0.3) is 0 Å². The van der Waals surface area contributed by atoms with Crippen LogP contribution in [0.25, 0.3) is 0 Å². The predicted molar refractivity (Wildman–Crippen MR) is 397 cm³/mol. The van der Waals surface area contributed by atoms with Gasteiger partial charge >= 0.3 is 23.9 Å². The summed E-state index contributed by atoms with van der Waals surface area (Å²) in [6.07, 6.45) is -1.35. The summed E-state index contributed by atoms with van der Waals surface area (Å²) in [6.45, 7) is 29.9. The smallest absolute Gasteiger partial charge is 0.338 e. The van der Waals surface area contributed by atoms with Crippen LogP contribution in [-0.2, 0) is 66.4 Å². The topological polar surface area (TPSA) is 213 Å². The third kappa shape index (κ3) is 16.8. The van der Waals surface area contributed by atoms with E-state index in [1.165, 1.54) is 0 Å². The number of carbonyl (C=O) groups excluding carboxylic acids is 6. The number of ketones is 2. The first-order valence-electron chi connectivity index (χ1n) is 40.1. The van der Waals surface area contributed by atoms with E-state index in [2.05, 4.69) is 69.2 Å². The molecule has 4 aliphatic carbocycles. The van der Waals surface area contributed by atoms with Crippen LogP contribution >= 0.6 is 0 Å². The first kappa shape index (κ1) is 79.3. The van der Waals surface area contributed by atoms with Crippen LogP contribution in [0.2, 0.25) is 0 Å². The molecule has 30 atom stereocenters. The Bertz CT molecular complexity index is 3590. The lowest BCUT2D eigenvalue weighted by molar-refractivity contribution is -0.376. The van der Waals surface area contributed by atoms with Crippen molar-refractivity contribution in [3.8, 4) is 0 Å². The molecule has 0 amide bonds. The highest BCUT2D eigenvalue weighted by atomic mass is 16.8. The van der Waals surface area contributed by atoms with Gasteiger partial charge in [-0.15, -0.1) is 0 Å². The summed E-state index contributed by atoms with van der Waals surface area (Å²) in [5, 5.41) is 0. The number of hydrogen-bond donors (Lipinski definition) is 0. The van der Waals surface area contributed by atoms with Gasteiger partial charge in [0.05, 0.1) is 59.4 Å². The van der Waals surface area contributed by atoms with Crippen molar-refractivity contribution >= 4 is 35.4 Å². The molecule has 4 aromatic rings. The number of rotatable bonds is 25. The Balaban J connectivity index is 0.760. The lowest BCUT2D eigenvalue weighted by atomic mass is 9.44. The van der Waals surface area contributed by atoms with Crippen molar-refractivity contribution in [2.75, 3.05) is 13.2 Å². The van der Waals surface area contributed by atoms with Gasteiger partial charge in [-0.2, -0.15) is 0 Å². The molecule has 4 heterocycles. The first-order valence-corrected chi connectivity index (χ1v) is 40.1. The van der Waals surface area contributed by atoms with E-state index in [9.17, 15) is 28.8 Å². The van der Waals surface area contributed by atoms with E-state index < -0.39 is 110 Å². The van der Waals surface area contributed by atoms with E-state index in [4.69, 9.17) is 56.8 Å². The van der Waals surface area contributed by atoms with Crippen molar-refractivity contribution in [2.24, 2.45) is 93.7 Å². The lowest BCUT2D eigenvalue weighted by Crippen LogP contribution is -2.63. The zero-order valence-corrected chi connectivity index (χ0v) is 65.0. The summed E-state index contributed by atoms with van der Waals surface area (Å²) >= 11 is 0. The molecule has 4 aromatic carbocycles. The van der Waals surface area contributed by atoms with Gasteiger partial charge in [0.15, 0.2) is 37.4 Å². The highest BCUT2D eigenvalue weighted by Gasteiger charge is 2.64. The summed E-state index contributed by atoms with van der Waals surface area (Å²) in [6, 6.07) is 35.2. The molecule has 4 saturated carbocycles. The molecule has 578 valence electrons. The maximum Gasteiger partial charge on any atom is 0.338 e. The van der Waals surface area contributed by atoms with Gasteiger partial charge in [0.1, 0.15) is 36.5 Å². The molecule has 0 bridgehead atoms. The molecule has 4 saturated heterocycles. The molecule has 8 aliphatic rings. The van der Waals surface area contributed by atoms with Crippen LogP contribution in [0.3, 0.4) is 0 Å². The second-order valence-corrected chi connectivity index (χ2v) is 33.7. The van der Waals surface area contributed by atoms with Crippen molar-refractivity contribution in [1.29, 1.82) is 0 Å². The average Bonchev–Trinajstić information content (AvgIpc) is 1.48. The molecule has 16 unspecified atom stereocenters. The molecular formula is C88H118O18. The SMILES string of the molecule is CCC1O[C@@H](O[C@H]2C(COC(=O)c3ccccc3)O[C@@H](OC3CCC4(C)C(CCC5C4CCC4(C)C5CC(=O)C4[C@H](C)C(=O)CC[C@H](C)CO[C@@H]4OC(CC)[C@H](C)[C@H](C)C4OC(=O)c4ccccc4)C3)C(O[C@@H]3OC(C)[C@H](C)[C@@H](OC(=O)c4ccccc4)C3OC(=O)c3ccccc3)[C@H]2C)C(C)[C@@H](C)[C@H]1C. The lowest BCUT2D eigenvalue weighted by Gasteiger charge is -2.61. The fraction of sp³-hybridized carbons (Fsp3) is 0.659. The van der Waals surface area contributed by atoms with Gasteiger partial charge in [-0.1, -0.05) is 163 Å². The zero-order valence-electron chi connectivity index (χ0n) is 65.0. The van der Waals surface area contributed by atoms with Crippen LogP contribution in [0.1, 0.15) is 215 Å².